The molecule has 0 unspecified atom stereocenters. The number of allylic oxidation sites excluding steroid dienone is 2. The first-order valence-electron chi connectivity index (χ1n) is 7.32. The lowest BCUT2D eigenvalue weighted by Gasteiger charge is -2.06. The van der Waals surface area contributed by atoms with E-state index in [0.717, 1.165) is 5.75 Å². The lowest BCUT2D eigenvalue weighted by Crippen LogP contribution is -2.09. The van der Waals surface area contributed by atoms with Crippen molar-refractivity contribution < 1.29 is 14.3 Å². The number of hydrogen-bond acceptors (Lipinski definition) is 3. The Kier molecular flexibility index (Phi) is 4.40. The quantitative estimate of drug-likeness (QED) is 0.604. The molecule has 1 aromatic rings. The fourth-order valence-electron chi connectivity index (χ4n) is 2.77. The van der Waals surface area contributed by atoms with Gasteiger partial charge < -0.3 is 9.47 Å². The van der Waals surface area contributed by atoms with Crippen molar-refractivity contribution >= 4 is 5.97 Å². The zero-order chi connectivity index (χ0) is 15.6. The summed E-state index contributed by atoms with van der Waals surface area (Å²) in [5.74, 6) is 1.38. The molecular weight excluding hydrogens is 264 g/mol. The maximum Gasteiger partial charge on any atom is 0.338 e. The Hall–Kier alpha value is -1.77. The number of ether oxygens (including phenoxy) is 2. The number of benzene rings is 1. The molecule has 1 aliphatic rings. The first-order valence-corrected chi connectivity index (χ1v) is 7.32. The lowest BCUT2D eigenvalue weighted by atomic mass is 10.1. The van der Waals surface area contributed by atoms with E-state index < -0.39 is 0 Å². The van der Waals surface area contributed by atoms with E-state index in [2.05, 4.69) is 33.8 Å². The Labute approximate surface area is 127 Å². The Morgan fingerprint density at radius 3 is 2.38 bits per heavy atom. The molecule has 0 amide bonds. The van der Waals surface area contributed by atoms with Gasteiger partial charge in [-0.2, -0.15) is 0 Å². The summed E-state index contributed by atoms with van der Waals surface area (Å²) in [6.45, 7) is 9.14. The molecule has 0 saturated heterocycles. The van der Waals surface area contributed by atoms with Crippen LogP contribution in [-0.2, 0) is 4.74 Å². The smallest absolute Gasteiger partial charge is 0.338 e. The molecule has 3 nitrogen and oxygen atoms in total. The van der Waals surface area contributed by atoms with Crippen LogP contribution in [0.3, 0.4) is 0 Å². The van der Waals surface area contributed by atoms with Crippen LogP contribution in [0.15, 0.2) is 35.9 Å². The van der Waals surface area contributed by atoms with Gasteiger partial charge in [-0.25, -0.2) is 4.79 Å². The second-order valence-corrected chi connectivity index (χ2v) is 6.52. The average Bonchev–Trinajstić information content (AvgIpc) is 2.95. The number of esters is 1. The van der Waals surface area contributed by atoms with E-state index in [1.54, 1.807) is 31.4 Å². The Bertz CT molecular complexity index is 536. The Balaban J connectivity index is 1.91. The fourth-order valence-corrected chi connectivity index (χ4v) is 2.77. The van der Waals surface area contributed by atoms with Gasteiger partial charge in [0.05, 0.1) is 19.3 Å². The van der Waals surface area contributed by atoms with E-state index in [1.165, 1.54) is 5.57 Å². The second-order valence-electron chi connectivity index (χ2n) is 6.52. The molecule has 0 spiro atoms. The van der Waals surface area contributed by atoms with Crippen molar-refractivity contribution in [2.45, 2.75) is 27.7 Å². The molecule has 0 bridgehead atoms. The van der Waals surface area contributed by atoms with Crippen LogP contribution in [0.25, 0.3) is 0 Å². The number of carbonyl (C=O) groups is 1. The minimum absolute atomic E-state index is 0.220. The van der Waals surface area contributed by atoms with Gasteiger partial charge in [0.2, 0.25) is 0 Å². The van der Waals surface area contributed by atoms with E-state index in [-0.39, 0.29) is 11.4 Å². The molecule has 1 saturated carbocycles. The average molecular weight is 288 g/mol. The van der Waals surface area contributed by atoms with Crippen LogP contribution in [0.2, 0.25) is 0 Å². The fraction of sp³-hybridized carbons (Fsp3) is 0.500. The van der Waals surface area contributed by atoms with Gasteiger partial charge in [0.1, 0.15) is 5.75 Å². The van der Waals surface area contributed by atoms with Crippen LogP contribution >= 0.6 is 0 Å². The highest BCUT2D eigenvalue weighted by Crippen LogP contribution is 2.59. The normalized spacial score (nSPS) is 22.3. The van der Waals surface area contributed by atoms with Crippen LogP contribution in [0.5, 0.6) is 5.75 Å². The highest BCUT2D eigenvalue weighted by Gasteiger charge is 2.56. The molecule has 1 fully saturated rings. The molecule has 0 N–H and O–H groups in total. The SMILES string of the molecule is COc1ccc(C(=O)OC[C@H]2[C@@H](C=C(C)C)C2(C)C)cc1. The summed E-state index contributed by atoms with van der Waals surface area (Å²) in [5.41, 5.74) is 2.10. The second kappa shape index (κ2) is 5.92. The van der Waals surface area contributed by atoms with Gasteiger partial charge in [0.25, 0.3) is 0 Å². The molecule has 1 aromatic carbocycles. The highest BCUT2D eigenvalue weighted by atomic mass is 16.5. The first kappa shape index (κ1) is 15.6. The summed E-state index contributed by atoms with van der Waals surface area (Å²) in [6.07, 6.45) is 2.28. The first-order chi connectivity index (χ1) is 9.86. The topological polar surface area (TPSA) is 35.5 Å². The molecular formula is C18H24O3. The van der Waals surface area contributed by atoms with Gasteiger partial charge in [-0.15, -0.1) is 0 Å². The standard InChI is InChI=1S/C18H24O3/c1-12(2)10-15-16(18(15,3)4)11-21-17(19)13-6-8-14(20-5)9-7-13/h6-10,15-16H,11H2,1-5H3/t15-,16+/m1/s1. The maximum atomic E-state index is 12.0. The summed E-state index contributed by atoms with van der Waals surface area (Å²) in [4.78, 5) is 12.0. The van der Waals surface area contributed by atoms with Crippen molar-refractivity contribution in [2.24, 2.45) is 17.3 Å². The van der Waals surface area contributed by atoms with Crippen molar-refractivity contribution in [1.82, 2.24) is 0 Å². The van der Waals surface area contributed by atoms with Crippen LogP contribution < -0.4 is 4.74 Å². The Morgan fingerprint density at radius 1 is 1.24 bits per heavy atom. The number of hydrogen-bond donors (Lipinski definition) is 0. The van der Waals surface area contributed by atoms with Gasteiger partial charge in [-0.3, -0.25) is 0 Å². The van der Waals surface area contributed by atoms with Gasteiger partial charge in [-0.1, -0.05) is 25.5 Å². The van der Waals surface area contributed by atoms with Crippen molar-refractivity contribution in [3.05, 3.63) is 41.5 Å². The minimum atomic E-state index is -0.267. The molecule has 1 aliphatic carbocycles. The predicted octanol–water partition coefficient (Wildman–Crippen LogP) is 4.09. The van der Waals surface area contributed by atoms with E-state index in [0.29, 0.717) is 24.0 Å². The summed E-state index contributed by atoms with van der Waals surface area (Å²) in [7, 11) is 1.60. The van der Waals surface area contributed by atoms with E-state index >= 15 is 0 Å². The zero-order valence-corrected chi connectivity index (χ0v) is 13.5. The van der Waals surface area contributed by atoms with Crippen molar-refractivity contribution in [2.75, 3.05) is 13.7 Å². The number of methoxy groups -OCH3 is 1. The van der Waals surface area contributed by atoms with Crippen molar-refractivity contribution in [3.63, 3.8) is 0 Å². The third-order valence-electron chi connectivity index (χ3n) is 4.37. The van der Waals surface area contributed by atoms with Gasteiger partial charge in [-0.05, 0) is 49.4 Å². The zero-order valence-electron chi connectivity index (χ0n) is 13.5. The highest BCUT2D eigenvalue weighted by molar-refractivity contribution is 5.89. The predicted molar refractivity (Wildman–Crippen MR) is 83.5 cm³/mol. The van der Waals surface area contributed by atoms with Crippen LogP contribution in [0, 0.1) is 17.3 Å². The summed E-state index contributed by atoms with van der Waals surface area (Å²) < 4.78 is 10.5. The van der Waals surface area contributed by atoms with Crippen LogP contribution in [0.4, 0.5) is 0 Å². The molecule has 0 heterocycles. The maximum absolute atomic E-state index is 12.0. The molecule has 114 valence electrons. The largest absolute Gasteiger partial charge is 0.497 e. The molecule has 0 radical (unpaired) electrons. The van der Waals surface area contributed by atoms with Crippen LogP contribution in [-0.4, -0.2) is 19.7 Å². The molecule has 21 heavy (non-hydrogen) atoms. The van der Waals surface area contributed by atoms with E-state index in [9.17, 15) is 4.79 Å². The molecule has 0 aliphatic heterocycles. The van der Waals surface area contributed by atoms with Gasteiger partial charge in [0.15, 0.2) is 0 Å². The van der Waals surface area contributed by atoms with Crippen molar-refractivity contribution in [1.29, 1.82) is 0 Å². The molecule has 0 aromatic heterocycles. The molecule has 2 atom stereocenters. The Morgan fingerprint density at radius 2 is 1.86 bits per heavy atom. The molecule has 3 heteroatoms. The molecule has 2 rings (SSSR count). The summed E-state index contributed by atoms with van der Waals surface area (Å²) in [6, 6.07) is 6.99. The minimum Gasteiger partial charge on any atom is -0.497 e. The number of carbonyl (C=O) groups excluding carboxylic acids is 1. The van der Waals surface area contributed by atoms with Gasteiger partial charge in [0, 0.05) is 5.92 Å². The van der Waals surface area contributed by atoms with Gasteiger partial charge >= 0.3 is 5.97 Å². The van der Waals surface area contributed by atoms with E-state index in [1.807, 2.05) is 0 Å². The number of rotatable bonds is 5. The lowest BCUT2D eigenvalue weighted by molar-refractivity contribution is 0.0471. The van der Waals surface area contributed by atoms with Crippen LogP contribution in [0.1, 0.15) is 38.1 Å². The monoisotopic (exact) mass is 288 g/mol. The van der Waals surface area contributed by atoms with Crippen molar-refractivity contribution in [3.8, 4) is 5.75 Å². The third kappa shape index (κ3) is 3.46. The summed E-state index contributed by atoms with van der Waals surface area (Å²) in [5, 5.41) is 0. The van der Waals surface area contributed by atoms with E-state index in [4.69, 9.17) is 9.47 Å². The third-order valence-corrected chi connectivity index (χ3v) is 4.37. The summed E-state index contributed by atoms with van der Waals surface area (Å²) >= 11 is 0.